The molecule has 2 aromatic rings. The van der Waals surface area contributed by atoms with Crippen LogP contribution in [0.1, 0.15) is 16.7 Å². The van der Waals surface area contributed by atoms with E-state index in [-0.39, 0.29) is 12.1 Å². The van der Waals surface area contributed by atoms with Crippen LogP contribution in [0.3, 0.4) is 0 Å². The number of carboxylic acid groups (broad SMARTS) is 1. The standard InChI is InChI=1S/C16H15NO3/c1-12-2-4-13(5-3-12)6-7-14-8-9-17(11-16(19)20)15(18)10-14/h2-10H,11H2,1H3,(H,19,20)/b7-6+. The van der Waals surface area contributed by atoms with Crippen molar-refractivity contribution < 1.29 is 9.90 Å². The van der Waals surface area contributed by atoms with Gasteiger partial charge in [0.1, 0.15) is 6.54 Å². The Bertz CT molecular complexity index is 696. The van der Waals surface area contributed by atoms with Crippen molar-refractivity contribution in [2.45, 2.75) is 13.5 Å². The molecule has 0 atom stereocenters. The zero-order chi connectivity index (χ0) is 14.5. The molecule has 0 aliphatic heterocycles. The number of hydrogen-bond donors (Lipinski definition) is 1. The first kappa shape index (κ1) is 13.8. The fourth-order valence-corrected chi connectivity index (χ4v) is 1.77. The number of nitrogens with zero attached hydrogens (tertiary/aromatic N) is 1. The third-order valence-corrected chi connectivity index (χ3v) is 2.87. The Morgan fingerprint density at radius 1 is 1.15 bits per heavy atom. The minimum atomic E-state index is -1.03. The fourth-order valence-electron chi connectivity index (χ4n) is 1.77. The van der Waals surface area contributed by atoms with Gasteiger partial charge in [-0.2, -0.15) is 0 Å². The van der Waals surface area contributed by atoms with Crippen molar-refractivity contribution >= 4 is 18.1 Å². The Kier molecular flexibility index (Phi) is 4.15. The summed E-state index contributed by atoms with van der Waals surface area (Å²) in [5.74, 6) is -1.03. The molecule has 20 heavy (non-hydrogen) atoms. The van der Waals surface area contributed by atoms with Crippen LogP contribution >= 0.6 is 0 Å². The van der Waals surface area contributed by atoms with Crippen molar-refractivity contribution in [3.05, 3.63) is 69.6 Å². The summed E-state index contributed by atoms with van der Waals surface area (Å²) in [6.07, 6.45) is 5.23. The molecule has 4 heteroatoms. The van der Waals surface area contributed by atoms with Crippen molar-refractivity contribution in [1.29, 1.82) is 0 Å². The largest absolute Gasteiger partial charge is 0.480 e. The highest BCUT2D eigenvalue weighted by Gasteiger charge is 2.01. The molecule has 1 aromatic heterocycles. The van der Waals surface area contributed by atoms with Crippen LogP contribution in [0.25, 0.3) is 12.2 Å². The third-order valence-electron chi connectivity index (χ3n) is 2.87. The van der Waals surface area contributed by atoms with E-state index in [0.717, 1.165) is 15.7 Å². The van der Waals surface area contributed by atoms with Gasteiger partial charge in [0.05, 0.1) is 0 Å². The van der Waals surface area contributed by atoms with Gasteiger partial charge >= 0.3 is 5.97 Å². The van der Waals surface area contributed by atoms with Crippen LogP contribution in [0, 0.1) is 6.92 Å². The number of aliphatic carboxylic acids is 1. The molecular weight excluding hydrogens is 254 g/mol. The van der Waals surface area contributed by atoms with Crippen LogP contribution in [0.4, 0.5) is 0 Å². The summed E-state index contributed by atoms with van der Waals surface area (Å²) >= 11 is 0. The molecule has 0 saturated carbocycles. The molecule has 0 saturated heterocycles. The van der Waals surface area contributed by atoms with Gasteiger partial charge in [0, 0.05) is 12.3 Å². The molecule has 1 aromatic carbocycles. The lowest BCUT2D eigenvalue weighted by molar-refractivity contribution is -0.137. The van der Waals surface area contributed by atoms with E-state index in [4.69, 9.17) is 5.11 Å². The number of carbonyl (C=O) groups is 1. The molecule has 0 fully saturated rings. The Hall–Kier alpha value is -2.62. The third kappa shape index (κ3) is 3.68. The Morgan fingerprint density at radius 3 is 2.40 bits per heavy atom. The van der Waals surface area contributed by atoms with Crippen molar-refractivity contribution in [1.82, 2.24) is 4.57 Å². The molecule has 0 spiro atoms. The van der Waals surface area contributed by atoms with Gasteiger partial charge in [0.25, 0.3) is 5.56 Å². The van der Waals surface area contributed by atoms with Crippen LogP contribution in [0.5, 0.6) is 0 Å². The predicted molar refractivity (Wildman–Crippen MR) is 78.4 cm³/mol. The van der Waals surface area contributed by atoms with Crippen LogP contribution in [-0.4, -0.2) is 15.6 Å². The van der Waals surface area contributed by atoms with Gasteiger partial charge in [0.15, 0.2) is 0 Å². The number of pyridine rings is 1. The second-order valence-corrected chi connectivity index (χ2v) is 4.56. The molecule has 0 aliphatic rings. The highest BCUT2D eigenvalue weighted by atomic mass is 16.4. The average Bonchev–Trinajstić information content (AvgIpc) is 2.40. The molecule has 0 unspecified atom stereocenters. The van der Waals surface area contributed by atoms with E-state index < -0.39 is 5.97 Å². The maximum Gasteiger partial charge on any atom is 0.323 e. The maximum atomic E-state index is 11.7. The van der Waals surface area contributed by atoms with E-state index in [1.165, 1.54) is 17.8 Å². The highest BCUT2D eigenvalue weighted by Crippen LogP contribution is 2.08. The van der Waals surface area contributed by atoms with Crippen LogP contribution in [0.15, 0.2) is 47.4 Å². The molecule has 0 aliphatic carbocycles. The van der Waals surface area contributed by atoms with Crippen LogP contribution in [0.2, 0.25) is 0 Å². The lowest BCUT2D eigenvalue weighted by Crippen LogP contribution is -2.22. The highest BCUT2D eigenvalue weighted by molar-refractivity contribution is 5.69. The molecule has 0 amide bonds. The topological polar surface area (TPSA) is 59.3 Å². The molecule has 2 rings (SSSR count). The minimum absolute atomic E-state index is 0.319. The Balaban J connectivity index is 2.18. The van der Waals surface area contributed by atoms with Crippen molar-refractivity contribution in [3.63, 3.8) is 0 Å². The summed E-state index contributed by atoms with van der Waals surface area (Å²) in [5, 5.41) is 8.66. The van der Waals surface area contributed by atoms with Gasteiger partial charge in [-0.05, 0) is 24.1 Å². The normalized spacial score (nSPS) is 10.8. The van der Waals surface area contributed by atoms with Gasteiger partial charge in [-0.3, -0.25) is 9.59 Å². The minimum Gasteiger partial charge on any atom is -0.480 e. The van der Waals surface area contributed by atoms with Crippen molar-refractivity contribution in [3.8, 4) is 0 Å². The van der Waals surface area contributed by atoms with E-state index >= 15 is 0 Å². The fraction of sp³-hybridized carbons (Fsp3) is 0.125. The zero-order valence-electron chi connectivity index (χ0n) is 11.1. The SMILES string of the molecule is Cc1ccc(/C=C/c2ccn(CC(=O)O)c(=O)c2)cc1. The van der Waals surface area contributed by atoms with Gasteiger partial charge in [-0.15, -0.1) is 0 Å². The van der Waals surface area contributed by atoms with Gasteiger partial charge in [-0.25, -0.2) is 0 Å². The quantitative estimate of drug-likeness (QED) is 0.927. The van der Waals surface area contributed by atoms with E-state index in [0.29, 0.717) is 0 Å². The molecule has 0 radical (unpaired) electrons. The zero-order valence-corrected chi connectivity index (χ0v) is 11.1. The van der Waals surface area contributed by atoms with Crippen molar-refractivity contribution in [2.24, 2.45) is 0 Å². The van der Waals surface area contributed by atoms with Crippen LogP contribution in [-0.2, 0) is 11.3 Å². The number of benzene rings is 1. The molecular formula is C16H15NO3. The van der Waals surface area contributed by atoms with E-state index in [1.54, 1.807) is 6.07 Å². The lowest BCUT2D eigenvalue weighted by Gasteiger charge is -2.01. The molecule has 4 nitrogen and oxygen atoms in total. The first-order valence-corrected chi connectivity index (χ1v) is 6.21. The Labute approximate surface area is 116 Å². The second kappa shape index (κ2) is 6.02. The molecule has 1 N–H and O–H groups in total. The number of aryl methyl sites for hydroxylation is 1. The number of aromatic nitrogens is 1. The smallest absolute Gasteiger partial charge is 0.323 e. The summed E-state index contributed by atoms with van der Waals surface area (Å²) in [6.45, 7) is 1.70. The number of hydrogen-bond acceptors (Lipinski definition) is 2. The van der Waals surface area contributed by atoms with Crippen molar-refractivity contribution in [2.75, 3.05) is 0 Å². The van der Waals surface area contributed by atoms with E-state index in [9.17, 15) is 9.59 Å². The van der Waals surface area contributed by atoms with Gasteiger partial charge < -0.3 is 9.67 Å². The molecule has 0 bridgehead atoms. The number of carboxylic acids is 1. The summed E-state index contributed by atoms with van der Waals surface area (Å²) in [6, 6.07) is 11.2. The summed E-state index contributed by atoms with van der Waals surface area (Å²) in [4.78, 5) is 22.3. The predicted octanol–water partition coefficient (Wildman–Crippen LogP) is 2.41. The summed E-state index contributed by atoms with van der Waals surface area (Å²) in [7, 11) is 0. The Morgan fingerprint density at radius 2 is 1.80 bits per heavy atom. The summed E-state index contributed by atoms with van der Waals surface area (Å²) in [5.41, 5.74) is 2.67. The van der Waals surface area contributed by atoms with E-state index in [2.05, 4.69) is 0 Å². The monoisotopic (exact) mass is 269 g/mol. The second-order valence-electron chi connectivity index (χ2n) is 4.56. The summed E-state index contributed by atoms with van der Waals surface area (Å²) < 4.78 is 1.16. The maximum absolute atomic E-state index is 11.7. The molecule has 1 heterocycles. The first-order chi connectivity index (χ1) is 9.54. The van der Waals surface area contributed by atoms with Gasteiger partial charge in [0.2, 0.25) is 0 Å². The first-order valence-electron chi connectivity index (χ1n) is 6.21. The lowest BCUT2D eigenvalue weighted by atomic mass is 10.1. The molecule has 102 valence electrons. The average molecular weight is 269 g/mol. The van der Waals surface area contributed by atoms with Gasteiger partial charge in [-0.1, -0.05) is 42.0 Å². The van der Waals surface area contributed by atoms with Crippen LogP contribution < -0.4 is 5.56 Å². The van der Waals surface area contributed by atoms with E-state index in [1.807, 2.05) is 43.3 Å². The number of rotatable bonds is 4.